The second kappa shape index (κ2) is 9.81. The Kier molecular flexibility index (Phi) is 11.7. The van der Waals surface area contributed by atoms with Crippen molar-refractivity contribution < 1.29 is 19.3 Å². The van der Waals surface area contributed by atoms with Crippen molar-refractivity contribution in [2.45, 2.75) is 26.4 Å². The van der Waals surface area contributed by atoms with Crippen LogP contribution >= 0.6 is 28.6 Å². The molecule has 1 atom stereocenters. The van der Waals surface area contributed by atoms with E-state index in [0.29, 0.717) is 6.61 Å². The van der Waals surface area contributed by atoms with E-state index in [4.69, 9.17) is 14.7 Å². The second-order valence-corrected chi connectivity index (χ2v) is 6.54. The molecule has 1 unspecified atom stereocenters. The van der Waals surface area contributed by atoms with Crippen molar-refractivity contribution in [3.8, 4) is 0 Å². The van der Waals surface area contributed by atoms with Crippen molar-refractivity contribution in [2.24, 2.45) is 0 Å². The van der Waals surface area contributed by atoms with Gasteiger partial charge in [0.1, 0.15) is 6.61 Å². The summed E-state index contributed by atoms with van der Waals surface area (Å²) in [4.78, 5) is 7.61. The van der Waals surface area contributed by atoms with Gasteiger partial charge in [-0.1, -0.05) is 13.0 Å². The van der Waals surface area contributed by atoms with Gasteiger partial charge in [-0.2, -0.15) is 0 Å². The van der Waals surface area contributed by atoms with E-state index in [9.17, 15) is 4.57 Å². The van der Waals surface area contributed by atoms with Gasteiger partial charge in [-0.25, -0.2) is 0 Å². The minimum Gasteiger partial charge on any atom is -0.499 e. The Morgan fingerprint density at radius 1 is 1.57 bits per heavy atom. The van der Waals surface area contributed by atoms with Crippen LogP contribution in [0.25, 0.3) is 0 Å². The highest BCUT2D eigenvalue weighted by Gasteiger charge is 2.02. The topological polar surface area (TPSA) is 66.8 Å². The van der Waals surface area contributed by atoms with Crippen LogP contribution in [0.15, 0.2) is 12.3 Å². The molecule has 0 spiro atoms. The number of allylic oxidation sites excluding steroid dienone is 1. The van der Waals surface area contributed by atoms with E-state index in [1.165, 1.54) is 0 Å². The van der Waals surface area contributed by atoms with E-state index in [-0.39, 0.29) is 6.10 Å². The molecule has 0 fully saturated rings. The number of halogens is 2. The van der Waals surface area contributed by atoms with Crippen molar-refractivity contribution in [3.05, 3.63) is 12.3 Å². The van der Waals surface area contributed by atoms with Gasteiger partial charge in [-0.3, -0.25) is 4.57 Å². The molecule has 0 aliphatic heterocycles. The summed E-state index contributed by atoms with van der Waals surface area (Å²) in [6.07, 6.45) is 0.432. The maximum Gasteiger partial charge on any atom is 0.377 e. The fourth-order valence-electron chi connectivity index (χ4n) is 0.359. The highest BCUT2D eigenvalue weighted by atomic mass is 35.9. The minimum absolute atomic E-state index is 0.369. The summed E-state index contributed by atoms with van der Waals surface area (Å²) in [5.74, 6) is 0. The van der Waals surface area contributed by atoms with Crippen LogP contribution in [-0.4, -0.2) is 22.7 Å². The van der Waals surface area contributed by atoms with Crippen molar-refractivity contribution in [1.29, 1.82) is 0 Å². The molecule has 0 saturated heterocycles. The van der Waals surface area contributed by atoms with Crippen LogP contribution in [0.2, 0.25) is 0 Å². The molecule has 0 aromatic carbocycles. The van der Waals surface area contributed by atoms with Gasteiger partial charge in [0.05, 0.1) is 12.4 Å². The quantitative estimate of drug-likeness (QED) is 0.605. The van der Waals surface area contributed by atoms with Crippen LogP contribution in [0.1, 0.15) is 20.3 Å². The molecule has 0 amide bonds. The lowest BCUT2D eigenvalue weighted by Crippen LogP contribution is -2.06. The number of rotatable bonds is 4. The lowest BCUT2D eigenvalue weighted by molar-refractivity contribution is 0.0974. The molecule has 2 N–H and O–H groups in total. The third-order valence-corrected chi connectivity index (χ3v) is 0.766. The van der Waals surface area contributed by atoms with E-state index in [2.05, 4.69) is 22.5 Å². The normalized spacial score (nSPS) is 13.3. The number of ether oxygens (including phenoxy) is 1. The smallest absolute Gasteiger partial charge is 0.377 e. The van der Waals surface area contributed by atoms with Crippen molar-refractivity contribution in [3.63, 3.8) is 0 Å². The third-order valence-electron chi connectivity index (χ3n) is 0.766. The average Bonchev–Trinajstić information content (AvgIpc) is 1.94. The fourth-order valence-corrected chi connectivity index (χ4v) is 0.359. The molecule has 14 heavy (non-hydrogen) atoms. The first-order valence-electron chi connectivity index (χ1n) is 3.94. The molecule has 7 heteroatoms. The summed E-state index contributed by atoms with van der Waals surface area (Å²) in [5, 5.41) is 8.69. The van der Waals surface area contributed by atoms with Gasteiger partial charge in [0.15, 0.2) is 0 Å². The monoisotopic (exact) mass is 264 g/mol. The maximum atomic E-state index is 9.30. The SMILES string of the molecule is CCC=COCC(C)O.O=P(O)(Cl)Cl. The third kappa shape index (κ3) is 39.6. The number of hydrogen-bond acceptors (Lipinski definition) is 3. The van der Waals surface area contributed by atoms with Gasteiger partial charge in [-0.15, -0.1) is 0 Å². The van der Waals surface area contributed by atoms with Crippen LogP contribution in [0.5, 0.6) is 0 Å². The summed E-state index contributed by atoms with van der Waals surface area (Å²) in [6, 6.07) is 0. The maximum absolute atomic E-state index is 9.30. The predicted octanol–water partition coefficient (Wildman–Crippen LogP) is 2.87. The number of aliphatic hydroxyl groups is 1. The van der Waals surface area contributed by atoms with Gasteiger partial charge < -0.3 is 14.7 Å². The molecule has 0 rings (SSSR count). The Morgan fingerprint density at radius 2 is 2.00 bits per heavy atom. The largest absolute Gasteiger partial charge is 0.499 e. The lowest BCUT2D eigenvalue weighted by atomic mass is 10.4. The molecule has 0 saturated carbocycles. The summed E-state index contributed by atoms with van der Waals surface area (Å²) in [7, 11) is 0. The van der Waals surface area contributed by atoms with Crippen LogP contribution in [0, 0.1) is 0 Å². The zero-order valence-corrected chi connectivity index (χ0v) is 10.5. The Balaban J connectivity index is 0. The highest BCUT2D eigenvalue weighted by Crippen LogP contribution is 2.51. The van der Waals surface area contributed by atoms with Crippen molar-refractivity contribution in [2.75, 3.05) is 6.61 Å². The van der Waals surface area contributed by atoms with Gasteiger partial charge in [0.25, 0.3) is 0 Å². The van der Waals surface area contributed by atoms with E-state index in [1.807, 2.05) is 13.0 Å². The Hall–Kier alpha value is 0.270. The van der Waals surface area contributed by atoms with Crippen molar-refractivity contribution in [1.82, 2.24) is 0 Å². The molecule has 0 bridgehead atoms. The van der Waals surface area contributed by atoms with Gasteiger partial charge in [0, 0.05) is 0 Å². The summed E-state index contributed by atoms with van der Waals surface area (Å²) < 4.78 is 14.2. The average molecular weight is 265 g/mol. The number of aliphatic hydroxyl groups excluding tert-OH is 1. The molecule has 0 aromatic heterocycles. The molecule has 0 aliphatic carbocycles. The first-order valence-corrected chi connectivity index (χ1v) is 7.41. The van der Waals surface area contributed by atoms with E-state index in [0.717, 1.165) is 6.42 Å². The molecule has 0 radical (unpaired) electrons. The Bertz CT molecular complexity index is 182. The van der Waals surface area contributed by atoms with Gasteiger partial charge in [0.2, 0.25) is 0 Å². The summed E-state index contributed by atoms with van der Waals surface area (Å²) in [5.41, 5.74) is 0. The van der Waals surface area contributed by atoms with E-state index < -0.39 is 6.07 Å². The van der Waals surface area contributed by atoms with Gasteiger partial charge >= 0.3 is 6.07 Å². The standard InChI is InChI=1S/C7H14O2.Cl2HO2P/c1-3-4-5-9-6-7(2)8;1-5(2,3)4/h4-5,7-8H,3,6H2,1-2H3;(H,3,4). The zero-order chi connectivity index (χ0) is 11.6. The molecular formula is C7H15Cl2O4P. The molecule has 86 valence electrons. The minimum atomic E-state index is -3.69. The molecule has 0 aromatic rings. The van der Waals surface area contributed by atoms with Crippen LogP contribution in [0.4, 0.5) is 0 Å². The Morgan fingerprint density at radius 3 is 2.29 bits per heavy atom. The van der Waals surface area contributed by atoms with Gasteiger partial charge in [-0.05, 0) is 35.8 Å². The molecule has 0 heterocycles. The molecule has 4 nitrogen and oxygen atoms in total. The summed E-state index contributed by atoms with van der Waals surface area (Å²) >= 11 is 8.81. The molecule has 0 aliphatic rings. The first kappa shape index (κ1) is 16.7. The fraction of sp³-hybridized carbons (Fsp3) is 0.714. The van der Waals surface area contributed by atoms with E-state index >= 15 is 0 Å². The predicted molar refractivity (Wildman–Crippen MR) is 58.6 cm³/mol. The first-order chi connectivity index (χ1) is 6.27. The van der Waals surface area contributed by atoms with E-state index in [1.54, 1.807) is 13.2 Å². The lowest BCUT2D eigenvalue weighted by Gasteiger charge is -2.01. The Labute approximate surface area is 93.5 Å². The molecular weight excluding hydrogens is 250 g/mol. The number of hydrogen-bond donors (Lipinski definition) is 2. The van der Waals surface area contributed by atoms with Crippen molar-refractivity contribution >= 4 is 28.6 Å². The summed E-state index contributed by atoms with van der Waals surface area (Å²) in [6.45, 7) is 4.11. The second-order valence-electron chi connectivity index (χ2n) is 2.40. The van der Waals surface area contributed by atoms with Crippen LogP contribution in [0.3, 0.4) is 0 Å². The zero-order valence-electron chi connectivity index (χ0n) is 8.06. The van der Waals surface area contributed by atoms with Crippen LogP contribution in [-0.2, 0) is 9.30 Å². The van der Waals surface area contributed by atoms with Crippen LogP contribution < -0.4 is 0 Å². The highest BCUT2D eigenvalue weighted by molar-refractivity contribution is 8.04.